The van der Waals surface area contributed by atoms with E-state index in [-0.39, 0.29) is 11.7 Å². The number of benzene rings is 2. The van der Waals surface area contributed by atoms with Crippen LogP contribution in [0.5, 0.6) is 0 Å². The van der Waals surface area contributed by atoms with Gasteiger partial charge in [-0.3, -0.25) is 4.79 Å². The lowest BCUT2D eigenvalue weighted by Gasteiger charge is -2.09. The minimum absolute atomic E-state index is 0.147. The third-order valence-corrected chi connectivity index (χ3v) is 4.00. The molecule has 0 unspecified atom stereocenters. The van der Waals surface area contributed by atoms with Crippen LogP contribution in [0, 0.1) is 5.82 Å². The molecule has 3 nitrogen and oxygen atoms in total. The second kappa shape index (κ2) is 8.81. The standard InChI is InChI=1S/C22H20FNO2/c23-19-12-10-17(11-13-19)6-4-14-24-22(25)21(16-20-9-5-15-26-20)18-7-2-1-3-8-18/h1-3,5,7-13,15-16H,4,6,14H2,(H,24,25)/b21-16+. The normalized spacial score (nSPS) is 11.3. The van der Waals surface area contributed by atoms with Crippen molar-refractivity contribution in [1.82, 2.24) is 5.32 Å². The molecule has 0 radical (unpaired) electrons. The fourth-order valence-corrected chi connectivity index (χ4v) is 2.65. The molecule has 0 fully saturated rings. The van der Waals surface area contributed by atoms with Crippen LogP contribution in [0.2, 0.25) is 0 Å². The Hall–Kier alpha value is -3.14. The van der Waals surface area contributed by atoms with E-state index in [0.717, 1.165) is 24.0 Å². The zero-order valence-electron chi connectivity index (χ0n) is 14.3. The highest BCUT2D eigenvalue weighted by Gasteiger charge is 2.12. The number of rotatable bonds is 7. The highest BCUT2D eigenvalue weighted by atomic mass is 19.1. The van der Waals surface area contributed by atoms with E-state index in [1.54, 1.807) is 30.5 Å². The van der Waals surface area contributed by atoms with Gasteiger partial charge in [0, 0.05) is 6.54 Å². The van der Waals surface area contributed by atoms with E-state index in [9.17, 15) is 9.18 Å². The Bertz CT molecular complexity index is 853. The topological polar surface area (TPSA) is 42.2 Å². The van der Waals surface area contributed by atoms with Crippen molar-refractivity contribution in [2.24, 2.45) is 0 Å². The number of nitrogens with one attached hydrogen (secondary N) is 1. The first-order valence-corrected chi connectivity index (χ1v) is 8.55. The van der Waals surface area contributed by atoms with E-state index in [1.165, 1.54) is 12.1 Å². The molecular formula is C22H20FNO2. The van der Waals surface area contributed by atoms with Crippen molar-refractivity contribution in [2.75, 3.05) is 6.54 Å². The zero-order valence-corrected chi connectivity index (χ0v) is 14.3. The number of hydrogen-bond acceptors (Lipinski definition) is 2. The molecule has 1 aromatic heterocycles. The lowest BCUT2D eigenvalue weighted by atomic mass is 10.0. The minimum Gasteiger partial charge on any atom is -0.465 e. The molecule has 1 heterocycles. The van der Waals surface area contributed by atoms with E-state index < -0.39 is 0 Å². The van der Waals surface area contributed by atoms with Crippen LogP contribution in [0.25, 0.3) is 11.6 Å². The smallest absolute Gasteiger partial charge is 0.252 e. The Morgan fingerprint density at radius 3 is 2.46 bits per heavy atom. The van der Waals surface area contributed by atoms with Crippen LogP contribution in [0.4, 0.5) is 4.39 Å². The highest BCUT2D eigenvalue weighted by Crippen LogP contribution is 2.19. The summed E-state index contributed by atoms with van der Waals surface area (Å²) in [5.41, 5.74) is 2.44. The van der Waals surface area contributed by atoms with E-state index >= 15 is 0 Å². The molecule has 3 rings (SSSR count). The summed E-state index contributed by atoms with van der Waals surface area (Å²) >= 11 is 0. The van der Waals surface area contributed by atoms with Crippen LogP contribution in [0.15, 0.2) is 77.4 Å². The fraction of sp³-hybridized carbons (Fsp3) is 0.136. The van der Waals surface area contributed by atoms with Gasteiger partial charge in [0.05, 0.1) is 11.8 Å². The van der Waals surface area contributed by atoms with Crippen molar-refractivity contribution in [1.29, 1.82) is 0 Å². The first kappa shape index (κ1) is 17.7. The molecule has 2 aromatic carbocycles. The van der Waals surface area contributed by atoms with Crippen LogP contribution in [0.1, 0.15) is 23.3 Å². The molecule has 0 aliphatic carbocycles. The average molecular weight is 349 g/mol. The van der Waals surface area contributed by atoms with Crippen LogP contribution in [-0.2, 0) is 11.2 Å². The first-order chi connectivity index (χ1) is 12.7. The van der Waals surface area contributed by atoms with Crippen LogP contribution in [-0.4, -0.2) is 12.5 Å². The summed E-state index contributed by atoms with van der Waals surface area (Å²) in [7, 11) is 0. The molecular weight excluding hydrogens is 329 g/mol. The number of amides is 1. The fourth-order valence-electron chi connectivity index (χ4n) is 2.65. The molecule has 0 saturated heterocycles. The number of hydrogen-bond donors (Lipinski definition) is 1. The predicted molar refractivity (Wildman–Crippen MR) is 101 cm³/mol. The van der Waals surface area contributed by atoms with Gasteiger partial charge in [-0.05, 0) is 54.3 Å². The van der Waals surface area contributed by atoms with Crippen molar-refractivity contribution in [3.8, 4) is 0 Å². The summed E-state index contributed by atoms with van der Waals surface area (Å²) in [6.07, 6.45) is 4.88. The van der Waals surface area contributed by atoms with Crippen LogP contribution in [0.3, 0.4) is 0 Å². The van der Waals surface area contributed by atoms with Crippen molar-refractivity contribution in [3.05, 3.63) is 95.7 Å². The molecule has 0 atom stereocenters. The van der Waals surface area contributed by atoms with Crippen molar-refractivity contribution >= 4 is 17.6 Å². The second-order valence-electron chi connectivity index (χ2n) is 5.93. The average Bonchev–Trinajstić information content (AvgIpc) is 3.18. The molecule has 132 valence electrons. The lowest BCUT2D eigenvalue weighted by Crippen LogP contribution is -2.25. The van der Waals surface area contributed by atoms with Gasteiger partial charge in [-0.2, -0.15) is 0 Å². The summed E-state index contributed by atoms with van der Waals surface area (Å²) in [5.74, 6) is 0.245. The lowest BCUT2D eigenvalue weighted by molar-refractivity contribution is -0.115. The summed E-state index contributed by atoms with van der Waals surface area (Å²) in [6.45, 7) is 0.540. The van der Waals surface area contributed by atoms with Gasteiger partial charge < -0.3 is 9.73 Å². The Balaban J connectivity index is 1.62. The van der Waals surface area contributed by atoms with Gasteiger partial charge >= 0.3 is 0 Å². The number of carbonyl (C=O) groups excluding carboxylic acids is 1. The summed E-state index contributed by atoms with van der Waals surface area (Å²) in [4.78, 5) is 12.7. The maximum absolute atomic E-state index is 12.9. The highest BCUT2D eigenvalue weighted by molar-refractivity contribution is 6.24. The molecule has 0 bridgehead atoms. The van der Waals surface area contributed by atoms with Gasteiger partial charge in [0.15, 0.2) is 0 Å². The summed E-state index contributed by atoms with van der Waals surface area (Å²) in [6, 6.07) is 19.5. The maximum atomic E-state index is 12.9. The van der Waals surface area contributed by atoms with Crippen molar-refractivity contribution in [2.45, 2.75) is 12.8 Å². The van der Waals surface area contributed by atoms with Gasteiger partial charge in [-0.25, -0.2) is 4.39 Å². The SMILES string of the molecule is O=C(NCCCc1ccc(F)cc1)/C(=C/c1ccco1)c1ccccc1. The first-order valence-electron chi connectivity index (χ1n) is 8.55. The van der Waals surface area contributed by atoms with Crippen molar-refractivity contribution < 1.29 is 13.6 Å². The Kier molecular flexibility index (Phi) is 5.99. The Morgan fingerprint density at radius 1 is 1.00 bits per heavy atom. The molecule has 1 N–H and O–H groups in total. The van der Waals surface area contributed by atoms with E-state index in [4.69, 9.17) is 4.42 Å². The molecule has 0 spiro atoms. The predicted octanol–water partition coefficient (Wildman–Crippen LogP) is 4.71. The Labute approximate surface area is 152 Å². The molecule has 0 saturated carbocycles. The monoisotopic (exact) mass is 349 g/mol. The summed E-state index contributed by atoms with van der Waals surface area (Å²) < 4.78 is 18.3. The number of furan rings is 1. The number of halogens is 1. The zero-order chi connectivity index (χ0) is 18.2. The Morgan fingerprint density at radius 2 is 1.77 bits per heavy atom. The van der Waals surface area contributed by atoms with Gasteiger partial charge in [-0.15, -0.1) is 0 Å². The van der Waals surface area contributed by atoms with Gasteiger partial charge in [0.25, 0.3) is 5.91 Å². The van der Waals surface area contributed by atoms with Crippen molar-refractivity contribution in [3.63, 3.8) is 0 Å². The van der Waals surface area contributed by atoms with Crippen LogP contribution < -0.4 is 5.32 Å². The minimum atomic E-state index is -0.238. The van der Waals surface area contributed by atoms with Gasteiger partial charge in [-0.1, -0.05) is 42.5 Å². The molecule has 26 heavy (non-hydrogen) atoms. The van der Waals surface area contributed by atoms with Crippen LogP contribution >= 0.6 is 0 Å². The molecule has 0 aliphatic heterocycles. The van der Waals surface area contributed by atoms with Gasteiger partial charge in [0.1, 0.15) is 11.6 Å². The van der Waals surface area contributed by atoms with Gasteiger partial charge in [0.2, 0.25) is 0 Å². The quantitative estimate of drug-likeness (QED) is 0.496. The van der Waals surface area contributed by atoms with E-state index in [2.05, 4.69) is 5.32 Å². The summed E-state index contributed by atoms with van der Waals surface area (Å²) in [5, 5.41) is 2.95. The van der Waals surface area contributed by atoms with E-state index in [0.29, 0.717) is 17.9 Å². The molecule has 1 amide bonds. The second-order valence-corrected chi connectivity index (χ2v) is 5.93. The maximum Gasteiger partial charge on any atom is 0.252 e. The largest absolute Gasteiger partial charge is 0.465 e. The van der Waals surface area contributed by atoms with E-state index in [1.807, 2.05) is 36.4 Å². The third kappa shape index (κ3) is 4.93. The third-order valence-electron chi connectivity index (χ3n) is 4.00. The molecule has 0 aliphatic rings. The number of carbonyl (C=O) groups is 1. The molecule has 3 aromatic rings. The number of aryl methyl sites for hydroxylation is 1. The molecule has 4 heteroatoms.